The average molecular weight is 404 g/mol. The summed E-state index contributed by atoms with van der Waals surface area (Å²) in [7, 11) is 0. The molecule has 1 aliphatic heterocycles. The van der Waals surface area contributed by atoms with Crippen molar-refractivity contribution in [3.63, 3.8) is 0 Å². The first kappa shape index (κ1) is 19.1. The van der Waals surface area contributed by atoms with Crippen molar-refractivity contribution in [2.75, 3.05) is 11.9 Å². The average Bonchev–Trinajstić information content (AvgIpc) is 3.45. The second-order valence-electron chi connectivity index (χ2n) is 8.57. The van der Waals surface area contributed by atoms with E-state index in [1.807, 2.05) is 18.2 Å². The highest BCUT2D eigenvalue weighted by Crippen LogP contribution is 2.36. The van der Waals surface area contributed by atoms with Crippen LogP contribution in [0.3, 0.4) is 0 Å². The Morgan fingerprint density at radius 3 is 2.70 bits per heavy atom. The van der Waals surface area contributed by atoms with Gasteiger partial charge in [0, 0.05) is 19.0 Å². The lowest BCUT2D eigenvalue weighted by atomic mass is 9.88. The van der Waals surface area contributed by atoms with Crippen molar-refractivity contribution in [2.24, 2.45) is 5.92 Å². The molecule has 1 amide bonds. The zero-order valence-corrected chi connectivity index (χ0v) is 17.3. The van der Waals surface area contributed by atoms with Crippen molar-refractivity contribution in [3.8, 4) is 0 Å². The van der Waals surface area contributed by atoms with Crippen LogP contribution in [0.25, 0.3) is 11.0 Å². The van der Waals surface area contributed by atoms with E-state index in [1.165, 1.54) is 24.8 Å². The van der Waals surface area contributed by atoms with Crippen molar-refractivity contribution in [2.45, 2.75) is 57.5 Å². The summed E-state index contributed by atoms with van der Waals surface area (Å²) < 4.78 is 0. The number of nitrogens with zero attached hydrogens (tertiary/aromatic N) is 3. The third kappa shape index (κ3) is 3.78. The minimum absolute atomic E-state index is 0.0906. The Bertz CT molecular complexity index is 1010. The zero-order chi connectivity index (χ0) is 20.3. The third-order valence-corrected chi connectivity index (χ3v) is 6.58. The molecule has 3 aromatic rings. The Balaban J connectivity index is 1.32. The van der Waals surface area contributed by atoms with Gasteiger partial charge in [-0.05, 0) is 43.4 Å². The van der Waals surface area contributed by atoms with Gasteiger partial charge in [-0.1, -0.05) is 49.6 Å². The first-order valence-corrected chi connectivity index (χ1v) is 11.2. The molecule has 3 heterocycles. The van der Waals surface area contributed by atoms with Gasteiger partial charge in [0.25, 0.3) is 0 Å². The predicted molar refractivity (Wildman–Crippen MR) is 118 cm³/mol. The minimum Gasteiger partial charge on any atom is -0.364 e. The molecule has 2 N–H and O–H groups in total. The molecule has 30 heavy (non-hydrogen) atoms. The normalized spacial score (nSPS) is 20.0. The molecule has 1 saturated carbocycles. The predicted octanol–water partition coefficient (Wildman–Crippen LogP) is 4.81. The number of carbonyl (C=O) groups is 1. The van der Waals surface area contributed by atoms with Crippen LogP contribution in [-0.2, 0) is 11.3 Å². The maximum atomic E-state index is 13.1. The summed E-state index contributed by atoms with van der Waals surface area (Å²) in [6.07, 6.45) is 7.78. The molecule has 6 nitrogen and oxygen atoms in total. The van der Waals surface area contributed by atoms with Crippen LogP contribution >= 0.6 is 0 Å². The summed E-state index contributed by atoms with van der Waals surface area (Å²) >= 11 is 0. The number of hydrogen-bond donors (Lipinski definition) is 2. The molecule has 0 unspecified atom stereocenters. The number of nitrogens with one attached hydrogen (secondary N) is 2. The lowest BCUT2D eigenvalue weighted by molar-refractivity contribution is -0.137. The molecule has 5 rings (SSSR count). The SMILES string of the molecule is O=C(C1CCCCC1)N1CCC[C@@H]1c1ccc2c(NCc3ccccc3)n[nH]c2n1. The standard InChI is InChI=1S/C24H29N5O/c30-24(18-10-5-2-6-11-18)29-15-7-12-21(29)20-14-13-19-22(27-28-23(19)26-20)25-16-17-8-3-1-4-9-17/h1,3-4,8-9,13-14,18,21H,2,5-7,10-12,15-16H2,(H2,25,26,27,28)/t21-/m1/s1. The summed E-state index contributed by atoms with van der Waals surface area (Å²) in [6, 6.07) is 14.5. The molecular formula is C24H29N5O. The van der Waals surface area contributed by atoms with E-state index in [1.54, 1.807) is 0 Å². The first-order chi connectivity index (χ1) is 14.8. The molecule has 0 spiro atoms. The van der Waals surface area contributed by atoms with Crippen LogP contribution in [0.4, 0.5) is 5.82 Å². The molecule has 1 aliphatic carbocycles. The summed E-state index contributed by atoms with van der Waals surface area (Å²) in [5.41, 5.74) is 2.96. The van der Waals surface area contributed by atoms with Crippen LogP contribution in [0.5, 0.6) is 0 Å². The van der Waals surface area contributed by atoms with E-state index in [0.717, 1.165) is 61.3 Å². The molecule has 2 aliphatic rings. The highest BCUT2D eigenvalue weighted by molar-refractivity contribution is 5.87. The number of likely N-dealkylation sites (tertiary alicyclic amines) is 1. The van der Waals surface area contributed by atoms with Gasteiger partial charge in [-0.3, -0.25) is 9.89 Å². The minimum atomic E-state index is 0.0906. The second-order valence-corrected chi connectivity index (χ2v) is 8.57. The Labute approximate surface area is 177 Å². The number of amides is 1. The maximum absolute atomic E-state index is 13.1. The zero-order valence-electron chi connectivity index (χ0n) is 17.3. The van der Waals surface area contributed by atoms with Gasteiger partial charge < -0.3 is 10.2 Å². The van der Waals surface area contributed by atoms with Gasteiger partial charge in [-0.2, -0.15) is 5.10 Å². The first-order valence-electron chi connectivity index (χ1n) is 11.2. The highest BCUT2D eigenvalue weighted by atomic mass is 16.2. The van der Waals surface area contributed by atoms with Crippen LogP contribution in [0.2, 0.25) is 0 Å². The van der Waals surface area contributed by atoms with Gasteiger partial charge in [0.05, 0.1) is 17.1 Å². The summed E-state index contributed by atoms with van der Waals surface area (Å²) in [5, 5.41) is 11.9. The molecule has 2 aromatic heterocycles. The third-order valence-electron chi connectivity index (χ3n) is 6.58. The number of anilines is 1. The largest absolute Gasteiger partial charge is 0.364 e. The highest BCUT2D eigenvalue weighted by Gasteiger charge is 2.35. The molecule has 1 aromatic carbocycles. The Kier molecular flexibility index (Phi) is 5.39. The van der Waals surface area contributed by atoms with E-state index in [9.17, 15) is 4.79 Å². The number of rotatable bonds is 5. The van der Waals surface area contributed by atoms with Crippen LogP contribution < -0.4 is 5.32 Å². The van der Waals surface area contributed by atoms with Gasteiger partial charge in [0.1, 0.15) is 0 Å². The molecular weight excluding hydrogens is 374 g/mol. The summed E-state index contributed by atoms with van der Waals surface area (Å²) in [5.74, 6) is 1.37. The van der Waals surface area contributed by atoms with Crippen LogP contribution in [0.15, 0.2) is 42.5 Å². The van der Waals surface area contributed by atoms with Crippen LogP contribution in [0, 0.1) is 5.92 Å². The Morgan fingerprint density at radius 2 is 1.87 bits per heavy atom. The quantitative estimate of drug-likeness (QED) is 0.641. The molecule has 2 fully saturated rings. The molecule has 6 heteroatoms. The van der Waals surface area contributed by atoms with E-state index in [2.05, 4.69) is 44.7 Å². The van der Waals surface area contributed by atoms with Gasteiger partial charge in [-0.25, -0.2) is 4.98 Å². The number of fused-ring (bicyclic) bond motifs is 1. The smallest absolute Gasteiger partial charge is 0.226 e. The van der Waals surface area contributed by atoms with Gasteiger partial charge in [0.2, 0.25) is 5.91 Å². The Morgan fingerprint density at radius 1 is 1.03 bits per heavy atom. The van der Waals surface area contributed by atoms with Gasteiger partial charge >= 0.3 is 0 Å². The monoisotopic (exact) mass is 403 g/mol. The molecule has 0 radical (unpaired) electrons. The number of carbonyl (C=O) groups excluding carboxylic acids is 1. The van der Waals surface area contributed by atoms with Crippen molar-refractivity contribution in [3.05, 3.63) is 53.7 Å². The van der Waals surface area contributed by atoms with Crippen molar-refractivity contribution < 1.29 is 4.79 Å². The topological polar surface area (TPSA) is 73.9 Å². The lowest BCUT2D eigenvalue weighted by Gasteiger charge is -2.30. The van der Waals surface area contributed by atoms with Crippen molar-refractivity contribution in [1.29, 1.82) is 0 Å². The lowest BCUT2D eigenvalue weighted by Crippen LogP contribution is -2.36. The van der Waals surface area contributed by atoms with Gasteiger partial charge in [-0.15, -0.1) is 0 Å². The van der Waals surface area contributed by atoms with Crippen LogP contribution in [0.1, 0.15) is 62.2 Å². The molecule has 1 saturated heterocycles. The number of H-pyrrole nitrogens is 1. The number of aromatic amines is 1. The summed E-state index contributed by atoms with van der Waals surface area (Å²) in [6.45, 7) is 1.57. The van der Waals surface area contributed by atoms with E-state index in [-0.39, 0.29) is 12.0 Å². The fourth-order valence-corrected chi connectivity index (χ4v) is 4.94. The van der Waals surface area contributed by atoms with Crippen molar-refractivity contribution >= 4 is 22.8 Å². The molecule has 0 bridgehead atoms. The number of pyridine rings is 1. The van der Waals surface area contributed by atoms with Gasteiger partial charge in [0.15, 0.2) is 11.5 Å². The maximum Gasteiger partial charge on any atom is 0.226 e. The number of hydrogen-bond acceptors (Lipinski definition) is 4. The fourth-order valence-electron chi connectivity index (χ4n) is 4.94. The van der Waals surface area contributed by atoms with E-state index >= 15 is 0 Å². The van der Waals surface area contributed by atoms with E-state index in [4.69, 9.17) is 4.98 Å². The van der Waals surface area contributed by atoms with E-state index in [0.29, 0.717) is 5.91 Å². The Hall–Kier alpha value is -2.89. The number of aromatic nitrogens is 3. The molecule has 1 atom stereocenters. The second kappa shape index (κ2) is 8.46. The van der Waals surface area contributed by atoms with Crippen LogP contribution in [-0.4, -0.2) is 32.5 Å². The van der Waals surface area contributed by atoms with E-state index < -0.39 is 0 Å². The summed E-state index contributed by atoms with van der Waals surface area (Å²) in [4.78, 5) is 20.1. The fraction of sp³-hybridized carbons (Fsp3) is 0.458. The number of benzene rings is 1. The van der Waals surface area contributed by atoms with Crippen molar-refractivity contribution in [1.82, 2.24) is 20.1 Å². The molecule has 156 valence electrons.